The molecule has 8 rings (SSSR count). The number of piperidine rings is 1. The SMILES string of the molecule is COc1cc(C(=O)N2C[C@@H]3NCCO[C@@H]3C[C@@H]2C)cc2nc(-c3cc4ccc5nc4n3CC(F)(F)CCC[C@@H]3C[C@H]3C(=O)N[C@@H]5C)n(C)c12. The predicted molar refractivity (Wildman–Crippen MR) is 180 cm³/mol. The zero-order chi connectivity index (χ0) is 34.2. The number of benzene rings is 1. The molecule has 1 aliphatic carbocycles. The fraction of sp³-hybridized carbons (Fsp3) is 0.556. The number of nitrogens with zero attached hydrogens (tertiary/aromatic N) is 5. The van der Waals surface area contributed by atoms with E-state index in [4.69, 9.17) is 19.4 Å². The second-order valence-electron chi connectivity index (χ2n) is 14.4. The number of aromatic nitrogens is 4. The number of likely N-dealkylation sites (tertiary alicyclic amines) is 1. The molecule has 3 aliphatic heterocycles. The molecule has 2 bridgehead atoms. The highest BCUT2D eigenvalue weighted by Crippen LogP contribution is 2.44. The minimum absolute atomic E-state index is 0.0137. The van der Waals surface area contributed by atoms with E-state index in [1.165, 1.54) is 0 Å². The molecule has 2 amide bonds. The molecule has 4 aliphatic rings. The third-order valence-corrected chi connectivity index (χ3v) is 11.0. The Kier molecular flexibility index (Phi) is 7.90. The molecule has 3 aromatic heterocycles. The summed E-state index contributed by atoms with van der Waals surface area (Å²) >= 11 is 0. The van der Waals surface area contributed by atoms with Crippen molar-refractivity contribution >= 4 is 33.9 Å². The summed E-state index contributed by atoms with van der Waals surface area (Å²) in [5.74, 6) is -2.21. The fourth-order valence-corrected chi connectivity index (χ4v) is 8.18. The molecule has 3 fully saturated rings. The van der Waals surface area contributed by atoms with Gasteiger partial charge in [-0.15, -0.1) is 0 Å². The summed E-state index contributed by atoms with van der Waals surface area (Å²) in [4.78, 5) is 38.6. The van der Waals surface area contributed by atoms with Gasteiger partial charge in [-0.3, -0.25) is 9.59 Å². The predicted octanol–water partition coefficient (Wildman–Crippen LogP) is 4.82. The molecular formula is C36H43F2N7O4. The number of imidazole rings is 1. The van der Waals surface area contributed by atoms with Crippen LogP contribution < -0.4 is 15.4 Å². The molecule has 0 unspecified atom stereocenters. The van der Waals surface area contributed by atoms with Crippen LogP contribution in [0.3, 0.4) is 0 Å². The highest BCUT2D eigenvalue weighted by molar-refractivity contribution is 6.00. The summed E-state index contributed by atoms with van der Waals surface area (Å²) in [6, 6.07) is 8.72. The van der Waals surface area contributed by atoms with Gasteiger partial charge in [0.25, 0.3) is 11.8 Å². The van der Waals surface area contributed by atoms with Gasteiger partial charge in [0.05, 0.1) is 55.4 Å². The van der Waals surface area contributed by atoms with E-state index in [9.17, 15) is 9.59 Å². The average Bonchev–Trinajstić information content (AvgIpc) is 3.67. The van der Waals surface area contributed by atoms with Gasteiger partial charge in [0, 0.05) is 49.5 Å². The number of halogens is 2. The Morgan fingerprint density at radius 1 is 1.14 bits per heavy atom. The first kappa shape index (κ1) is 32.1. The maximum atomic E-state index is 15.8. The summed E-state index contributed by atoms with van der Waals surface area (Å²) in [6.07, 6.45) is 2.23. The third kappa shape index (κ3) is 5.74. The molecule has 0 spiro atoms. The molecule has 1 saturated carbocycles. The zero-order valence-corrected chi connectivity index (χ0v) is 28.3. The van der Waals surface area contributed by atoms with Gasteiger partial charge in [-0.05, 0) is 75.8 Å². The molecule has 4 aromatic rings. The Bertz CT molecular complexity index is 1960. The number of amides is 2. The minimum Gasteiger partial charge on any atom is -0.494 e. The van der Waals surface area contributed by atoms with Crippen molar-refractivity contribution in [2.75, 3.05) is 26.8 Å². The van der Waals surface area contributed by atoms with E-state index in [1.54, 1.807) is 23.8 Å². The molecule has 6 atom stereocenters. The van der Waals surface area contributed by atoms with E-state index in [-0.39, 0.29) is 54.3 Å². The normalized spacial score (nSPS) is 28.5. The topological polar surface area (TPSA) is 116 Å². The van der Waals surface area contributed by atoms with Crippen molar-refractivity contribution in [2.45, 2.75) is 82.6 Å². The Morgan fingerprint density at radius 3 is 2.80 bits per heavy atom. The van der Waals surface area contributed by atoms with Crippen molar-refractivity contribution in [3.63, 3.8) is 0 Å². The number of ether oxygens (including phenoxy) is 2. The molecule has 260 valence electrons. The second-order valence-corrected chi connectivity index (χ2v) is 14.4. The quantitative estimate of drug-likeness (QED) is 0.320. The van der Waals surface area contributed by atoms with Crippen molar-refractivity contribution in [1.82, 2.24) is 34.6 Å². The number of hydrogen-bond donors (Lipinski definition) is 2. The number of rotatable bonds is 3. The Balaban J connectivity index is 1.20. The first-order valence-electron chi connectivity index (χ1n) is 17.4. The maximum Gasteiger partial charge on any atom is 0.265 e. The zero-order valence-electron chi connectivity index (χ0n) is 28.3. The number of pyridine rings is 1. The molecule has 49 heavy (non-hydrogen) atoms. The second kappa shape index (κ2) is 12.0. The van der Waals surface area contributed by atoms with Crippen LogP contribution in [0.15, 0.2) is 30.3 Å². The van der Waals surface area contributed by atoms with Crippen molar-refractivity contribution < 1.29 is 27.8 Å². The smallest absolute Gasteiger partial charge is 0.265 e. The van der Waals surface area contributed by atoms with Crippen LogP contribution in [-0.4, -0.2) is 86.7 Å². The Hall–Kier alpha value is -4.10. The van der Waals surface area contributed by atoms with E-state index < -0.39 is 12.5 Å². The van der Waals surface area contributed by atoms with E-state index in [0.29, 0.717) is 76.6 Å². The van der Waals surface area contributed by atoms with Crippen LogP contribution in [0.5, 0.6) is 5.75 Å². The number of fused-ring (bicyclic) bond motifs is 4. The number of nitrogens with one attached hydrogen (secondary N) is 2. The number of carbonyl (C=O) groups is 2. The summed E-state index contributed by atoms with van der Waals surface area (Å²) in [5.41, 5.74) is 3.12. The monoisotopic (exact) mass is 675 g/mol. The van der Waals surface area contributed by atoms with Crippen LogP contribution >= 0.6 is 0 Å². The lowest BCUT2D eigenvalue weighted by Gasteiger charge is -2.45. The number of morpholine rings is 1. The van der Waals surface area contributed by atoms with Gasteiger partial charge in [-0.1, -0.05) is 0 Å². The lowest BCUT2D eigenvalue weighted by atomic mass is 9.94. The minimum atomic E-state index is -3.01. The maximum absolute atomic E-state index is 15.8. The molecule has 2 N–H and O–H groups in total. The first-order valence-corrected chi connectivity index (χ1v) is 17.4. The van der Waals surface area contributed by atoms with Gasteiger partial charge in [-0.2, -0.15) is 0 Å². The van der Waals surface area contributed by atoms with Crippen LogP contribution in [0.2, 0.25) is 0 Å². The largest absolute Gasteiger partial charge is 0.494 e. The molecule has 1 aromatic carbocycles. The average molecular weight is 676 g/mol. The van der Waals surface area contributed by atoms with Gasteiger partial charge in [0.1, 0.15) is 16.9 Å². The molecule has 2 saturated heterocycles. The van der Waals surface area contributed by atoms with Crippen molar-refractivity contribution in [3.8, 4) is 17.3 Å². The van der Waals surface area contributed by atoms with Gasteiger partial charge in [0.2, 0.25) is 5.91 Å². The number of hydrogen-bond acceptors (Lipinski definition) is 7. The van der Waals surface area contributed by atoms with E-state index in [1.807, 2.05) is 48.6 Å². The Labute approximate surface area is 283 Å². The van der Waals surface area contributed by atoms with Gasteiger partial charge < -0.3 is 34.1 Å². The number of aryl methyl sites for hydroxylation is 1. The van der Waals surface area contributed by atoms with Gasteiger partial charge in [-0.25, -0.2) is 18.7 Å². The fourth-order valence-electron chi connectivity index (χ4n) is 8.18. The highest BCUT2D eigenvalue weighted by Gasteiger charge is 2.44. The molecule has 6 heterocycles. The molecular weight excluding hydrogens is 632 g/mol. The first-order chi connectivity index (χ1) is 23.5. The molecule has 0 radical (unpaired) electrons. The lowest BCUT2D eigenvalue weighted by Crippen LogP contribution is -2.61. The highest BCUT2D eigenvalue weighted by atomic mass is 19.3. The van der Waals surface area contributed by atoms with Crippen LogP contribution in [-0.2, 0) is 23.1 Å². The van der Waals surface area contributed by atoms with Crippen molar-refractivity contribution in [2.24, 2.45) is 18.9 Å². The van der Waals surface area contributed by atoms with Crippen LogP contribution in [0.1, 0.15) is 68.0 Å². The van der Waals surface area contributed by atoms with Gasteiger partial charge in [0.15, 0.2) is 5.82 Å². The number of alkyl halides is 2. The summed E-state index contributed by atoms with van der Waals surface area (Å²) < 4.78 is 46.7. The summed E-state index contributed by atoms with van der Waals surface area (Å²) in [7, 11) is 3.37. The van der Waals surface area contributed by atoms with E-state index >= 15 is 8.78 Å². The lowest BCUT2D eigenvalue weighted by molar-refractivity contribution is -0.123. The van der Waals surface area contributed by atoms with E-state index in [2.05, 4.69) is 10.6 Å². The van der Waals surface area contributed by atoms with Gasteiger partial charge >= 0.3 is 0 Å². The standard InChI is InChI=1S/C36H43F2N7O4/c1-19-12-29-27(39-10-11-49-29)17-44(19)35(47)23-14-26-31(30(16-23)48-4)43(3)33(42-26)28-15-22-7-8-25-20(2)40-34(46)24-13-21(24)6-5-9-36(37,38)18-45(28)32(22)41-25/h7-8,14-16,19-21,24,27,29,39H,5-6,9-13,17-18H2,1-4H3,(H,40,46)/t19-,20+,21+,24+,27-,29+/m0/s1. The van der Waals surface area contributed by atoms with Crippen LogP contribution in [0, 0.1) is 11.8 Å². The molecule has 11 nitrogen and oxygen atoms in total. The summed E-state index contributed by atoms with van der Waals surface area (Å²) in [6.45, 7) is 5.31. The van der Waals surface area contributed by atoms with Crippen LogP contribution in [0.25, 0.3) is 33.6 Å². The third-order valence-electron chi connectivity index (χ3n) is 11.0. The van der Waals surface area contributed by atoms with Crippen molar-refractivity contribution in [3.05, 3.63) is 41.6 Å². The van der Waals surface area contributed by atoms with Crippen molar-refractivity contribution in [1.29, 1.82) is 0 Å². The van der Waals surface area contributed by atoms with E-state index in [0.717, 1.165) is 19.4 Å². The number of methoxy groups -OCH3 is 1. The Morgan fingerprint density at radius 2 is 1.98 bits per heavy atom. The molecule has 13 heteroatoms. The summed E-state index contributed by atoms with van der Waals surface area (Å²) in [5, 5.41) is 7.26. The number of carbonyl (C=O) groups excluding carboxylic acids is 2. The van der Waals surface area contributed by atoms with Crippen LogP contribution in [0.4, 0.5) is 8.78 Å².